The van der Waals surface area contributed by atoms with E-state index < -0.39 is 4.92 Å². The number of nitro benzene ring substituents is 1. The molecule has 0 unspecified atom stereocenters. The second-order valence-corrected chi connectivity index (χ2v) is 7.64. The number of imidazole rings is 1. The average molecular weight is 443 g/mol. The minimum Gasteiger partial charge on any atom is -0.487 e. The number of nitro groups is 1. The molecule has 2 aromatic heterocycles. The first kappa shape index (κ1) is 21.0. The zero-order chi connectivity index (χ0) is 21.8. The van der Waals surface area contributed by atoms with Gasteiger partial charge in [-0.25, -0.2) is 4.98 Å². The first-order valence-electron chi connectivity index (χ1n) is 9.54. The number of thiazole rings is 1. The number of aromatic nitrogens is 2. The van der Waals surface area contributed by atoms with Gasteiger partial charge in [-0.05, 0) is 12.1 Å². The van der Waals surface area contributed by atoms with Crippen LogP contribution >= 0.6 is 11.3 Å². The first-order valence-corrected chi connectivity index (χ1v) is 10.4. The van der Waals surface area contributed by atoms with Gasteiger partial charge in [-0.3, -0.25) is 14.5 Å². The topological polar surface area (TPSA) is 97.4 Å². The number of rotatable bonds is 10. The third-order valence-corrected chi connectivity index (χ3v) is 5.64. The highest BCUT2D eigenvalue weighted by atomic mass is 32.1. The maximum atomic E-state index is 10.9. The van der Waals surface area contributed by atoms with E-state index in [2.05, 4.69) is 0 Å². The van der Waals surface area contributed by atoms with Crippen molar-refractivity contribution in [1.82, 2.24) is 9.38 Å². The molecule has 31 heavy (non-hydrogen) atoms. The van der Waals surface area contributed by atoms with Gasteiger partial charge in [0.05, 0.1) is 34.0 Å². The van der Waals surface area contributed by atoms with Crippen LogP contribution in [0.25, 0.3) is 26.4 Å². The van der Waals surface area contributed by atoms with Crippen LogP contribution in [0.3, 0.4) is 0 Å². The zero-order valence-electron chi connectivity index (χ0n) is 17.1. The van der Waals surface area contributed by atoms with Crippen LogP contribution in [0, 0.1) is 10.1 Å². The Bertz CT molecular complexity index is 1200. The van der Waals surface area contributed by atoms with E-state index in [4.69, 9.17) is 23.9 Å². The maximum absolute atomic E-state index is 10.9. The largest absolute Gasteiger partial charge is 0.487 e. The number of hydrogen-bond acceptors (Lipinski definition) is 8. The Kier molecular flexibility index (Phi) is 6.31. The molecule has 0 amide bonds. The highest BCUT2D eigenvalue weighted by molar-refractivity contribution is 7.23. The number of nitrogens with zero attached hydrogens (tertiary/aromatic N) is 3. The molecular weight excluding hydrogens is 422 g/mol. The van der Waals surface area contributed by atoms with Gasteiger partial charge < -0.3 is 18.9 Å². The van der Waals surface area contributed by atoms with Gasteiger partial charge in [0.15, 0.2) is 16.5 Å². The summed E-state index contributed by atoms with van der Waals surface area (Å²) >= 11 is 1.53. The normalized spacial score (nSPS) is 11.3. The maximum Gasteiger partial charge on any atom is 0.269 e. The van der Waals surface area contributed by atoms with Gasteiger partial charge in [0.25, 0.3) is 5.69 Å². The number of ether oxygens (including phenoxy) is 4. The zero-order valence-corrected chi connectivity index (χ0v) is 17.9. The number of fused-ring (bicyclic) bond motifs is 3. The van der Waals surface area contributed by atoms with Crippen LogP contribution in [0.1, 0.15) is 0 Å². The van der Waals surface area contributed by atoms with E-state index >= 15 is 0 Å². The Morgan fingerprint density at radius 2 is 1.65 bits per heavy atom. The van der Waals surface area contributed by atoms with Gasteiger partial charge >= 0.3 is 0 Å². The molecule has 0 radical (unpaired) electrons. The van der Waals surface area contributed by atoms with Gasteiger partial charge in [-0.1, -0.05) is 11.3 Å². The van der Waals surface area contributed by atoms with Crippen molar-refractivity contribution < 1.29 is 23.9 Å². The van der Waals surface area contributed by atoms with Crippen molar-refractivity contribution in [2.45, 2.75) is 0 Å². The van der Waals surface area contributed by atoms with Crippen LogP contribution in [-0.2, 0) is 9.47 Å². The van der Waals surface area contributed by atoms with Gasteiger partial charge in [0, 0.05) is 50.2 Å². The number of benzene rings is 2. The molecule has 0 N–H and O–H groups in total. The summed E-state index contributed by atoms with van der Waals surface area (Å²) < 4.78 is 24.9. The molecule has 4 rings (SSSR count). The molecule has 0 saturated carbocycles. The van der Waals surface area contributed by atoms with Crippen LogP contribution in [0.2, 0.25) is 0 Å². The highest BCUT2D eigenvalue weighted by Crippen LogP contribution is 2.38. The molecule has 0 aliphatic carbocycles. The SMILES string of the molecule is COCCOc1cc2sc3nc(-c4ccc([N+](=O)[O-])cc4)cn3c2cc1OCCOC. The lowest BCUT2D eigenvalue weighted by molar-refractivity contribution is -0.384. The molecule has 0 aliphatic heterocycles. The monoisotopic (exact) mass is 443 g/mol. The Labute approximate surface area is 181 Å². The van der Waals surface area contributed by atoms with Gasteiger partial charge in [0.1, 0.15) is 13.2 Å². The average Bonchev–Trinajstić information content (AvgIpc) is 3.32. The molecule has 9 nitrogen and oxygen atoms in total. The molecule has 0 saturated heterocycles. The van der Waals surface area contributed by atoms with Crippen molar-refractivity contribution in [3.05, 3.63) is 52.7 Å². The van der Waals surface area contributed by atoms with Crippen molar-refractivity contribution in [3.8, 4) is 22.8 Å². The lowest BCUT2D eigenvalue weighted by atomic mass is 10.1. The second kappa shape index (κ2) is 9.29. The van der Waals surface area contributed by atoms with Crippen molar-refractivity contribution in [2.24, 2.45) is 0 Å². The number of non-ortho nitro benzene ring substituents is 1. The number of methoxy groups -OCH3 is 2. The molecule has 10 heteroatoms. The van der Waals surface area contributed by atoms with Crippen LogP contribution in [0.4, 0.5) is 5.69 Å². The first-order chi connectivity index (χ1) is 15.1. The third-order valence-electron chi connectivity index (χ3n) is 4.62. The van der Waals surface area contributed by atoms with Gasteiger partial charge in [0.2, 0.25) is 0 Å². The Morgan fingerprint density at radius 1 is 1.00 bits per heavy atom. The van der Waals surface area contributed by atoms with E-state index in [0.29, 0.717) is 37.9 Å². The van der Waals surface area contributed by atoms with Crippen molar-refractivity contribution in [1.29, 1.82) is 0 Å². The standard InChI is InChI=1S/C21H21N3O6S/c1-27-7-9-29-18-11-17-20(12-19(18)30-10-8-28-2)31-21-22-16(13-23(17)21)14-3-5-15(6-4-14)24(25)26/h3-6,11-13H,7-10H2,1-2H3. The molecule has 162 valence electrons. The van der Waals surface area contributed by atoms with Crippen molar-refractivity contribution in [3.63, 3.8) is 0 Å². The summed E-state index contributed by atoms with van der Waals surface area (Å²) in [5, 5.41) is 10.9. The van der Waals surface area contributed by atoms with E-state index in [9.17, 15) is 10.1 Å². The predicted octanol–water partition coefficient (Wildman–Crippen LogP) is 4.17. The molecule has 2 heterocycles. The lowest BCUT2D eigenvalue weighted by Crippen LogP contribution is -2.08. The highest BCUT2D eigenvalue weighted by Gasteiger charge is 2.16. The fourth-order valence-electron chi connectivity index (χ4n) is 3.10. The summed E-state index contributed by atoms with van der Waals surface area (Å²) in [6.07, 6.45) is 1.92. The quantitative estimate of drug-likeness (QED) is 0.206. The van der Waals surface area contributed by atoms with Crippen LogP contribution < -0.4 is 9.47 Å². The van der Waals surface area contributed by atoms with Crippen LogP contribution in [0.5, 0.6) is 11.5 Å². The second-order valence-electron chi connectivity index (χ2n) is 6.63. The molecule has 2 aromatic carbocycles. The van der Waals surface area contributed by atoms with Crippen molar-refractivity contribution in [2.75, 3.05) is 40.6 Å². The van der Waals surface area contributed by atoms with Gasteiger partial charge in [-0.15, -0.1) is 0 Å². The van der Waals surface area contributed by atoms with E-state index in [-0.39, 0.29) is 5.69 Å². The summed E-state index contributed by atoms with van der Waals surface area (Å²) in [5.74, 6) is 1.26. The van der Waals surface area contributed by atoms with E-state index in [1.807, 2.05) is 22.7 Å². The van der Waals surface area contributed by atoms with E-state index in [1.54, 1.807) is 26.4 Å². The third kappa shape index (κ3) is 4.46. The van der Waals surface area contributed by atoms with E-state index in [1.165, 1.54) is 23.5 Å². The minimum absolute atomic E-state index is 0.0501. The number of hydrogen-bond donors (Lipinski definition) is 0. The summed E-state index contributed by atoms with van der Waals surface area (Å²) in [7, 11) is 3.25. The summed E-state index contributed by atoms with van der Waals surface area (Å²) in [4.78, 5) is 16.0. The molecule has 0 bridgehead atoms. The summed E-state index contributed by atoms with van der Waals surface area (Å²) in [5.41, 5.74) is 2.54. The smallest absolute Gasteiger partial charge is 0.269 e. The van der Waals surface area contributed by atoms with Crippen molar-refractivity contribution >= 4 is 32.2 Å². The molecule has 0 atom stereocenters. The molecule has 0 aliphatic rings. The summed E-state index contributed by atoms with van der Waals surface area (Å²) in [6.45, 7) is 1.75. The minimum atomic E-state index is -0.416. The summed E-state index contributed by atoms with van der Waals surface area (Å²) in [6, 6.07) is 10.2. The predicted molar refractivity (Wildman–Crippen MR) is 117 cm³/mol. The van der Waals surface area contributed by atoms with Gasteiger partial charge in [-0.2, -0.15) is 0 Å². The molecular formula is C21H21N3O6S. The molecule has 4 aromatic rings. The lowest BCUT2D eigenvalue weighted by Gasteiger charge is -2.13. The fourth-order valence-corrected chi connectivity index (χ4v) is 4.11. The Balaban J connectivity index is 1.70. The molecule has 0 spiro atoms. The van der Waals surface area contributed by atoms with E-state index in [0.717, 1.165) is 26.4 Å². The Morgan fingerprint density at radius 3 is 2.26 bits per heavy atom. The Hall–Kier alpha value is -3.21. The molecule has 0 fully saturated rings. The fraction of sp³-hybridized carbons (Fsp3) is 0.286. The van der Waals surface area contributed by atoms with Crippen LogP contribution in [-0.4, -0.2) is 55.0 Å². The van der Waals surface area contributed by atoms with Crippen LogP contribution in [0.15, 0.2) is 42.6 Å².